The van der Waals surface area contributed by atoms with Crippen LogP contribution in [0, 0.1) is 6.92 Å². The van der Waals surface area contributed by atoms with Crippen molar-refractivity contribution in [3.8, 4) is 0 Å². The van der Waals surface area contributed by atoms with Gasteiger partial charge in [0.2, 0.25) is 5.91 Å². The molecule has 1 atom stereocenters. The summed E-state index contributed by atoms with van der Waals surface area (Å²) in [6.07, 6.45) is 0.648. The Labute approximate surface area is 163 Å². The van der Waals surface area contributed by atoms with Crippen LogP contribution >= 0.6 is 23.2 Å². The predicted octanol–water partition coefficient (Wildman–Crippen LogP) is 6.31. The van der Waals surface area contributed by atoms with Gasteiger partial charge in [-0.2, -0.15) is 0 Å². The van der Waals surface area contributed by atoms with Gasteiger partial charge < -0.3 is 0 Å². The maximum absolute atomic E-state index is 13.3. The Kier molecular flexibility index (Phi) is 4.47. The van der Waals surface area contributed by atoms with Gasteiger partial charge in [0.1, 0.15) is 0 Å². The van der Waals surface area contributed by atoms with Crippen molar-refractivity contribution in [3.63, 3.8) is 0 Å². The highest BCUT2D eigenvalue weighted by Gasteiger charge is 2.39. The molecule has 0 N–H and O–H groups in total. The molecule has 0 radical (unpaired) electrons. The van der Waals surface area contributed by atoms with Crippen LogP contribution in [0.2, 0.25) is 10.0 Å². The summed E-state index contributed by atoms with van der Waals surface area (Å²) in [5.41, 5.74) is 4.76. The normalized spacial score (nSPS) is 16.0. The van der Waals surface area contributed by atoms with E-state index in [2.05, 4.69) is 31.2 Å². The summed E-state index contributed by atoms with van der Waals surface area (Å²) >= 11 is 12.8. The Hall–Kier alpha value is -2.29. The quantitative estimate of drug-likeness (QED) is 0.520. The van der Waals surface area contributed by atoms with Gasteiger partial charge in [-0.1, -0.05) is 77.3 Å². The molecule has 3 aromatic carbocycles. The van der Waals surface area contributed by atoms with E-state index >= 15 is 0 Å². The molecule has 1 heterocycles. The third kappa shape index (κ3) is 2.90. The van der Waals surface area contributed by atoms with E-state index in [-0.39, 0.29) is 11.8 Å². The molecule has 1 aliphatic heterocycles. The Balaban J connectivity index is 1.79. The molecule has 0 spiro atoms. The Morgan fingerprint density at radius 1 is 0.885 bits per heavy atom. The number of halogens is 2. The number of carbonyl (C=O) groups excluding carboxylic acids is 1. The number of aryl methyl sites for hydroxylation is 1. The van der Waals surface area contributed by atoms with Gasteiger partial charge in [-0.05, 0) is 42.7 Å². The van der Waals surface area contributed by atoms with Crippen molar-refractivity contribution in [3.05, 3.63) is 93.5 Å². The molecule has 4 heteroatoms. The van der Waals surface area contributed by atoms with Gasteiger partial charge in [-0.3, -0.25) is 9.69 Å². The summed E-state index contributed by atoms with van der Waals surface area (Å²) in [5.74, 6) is -0.247. The van der Waals surface area contributed by atoms with Gasteiger partial charge in [0.15, 0.2) is 0 Å². The van der Waals surface area contributed by atoms with Crippen LogP contribution in [0.4, 0.5) is 11.4 Å². The molecule has 130 valence electrons. The molecule has 3 aromatic rings. The van der Waals surface area contributed by atoms with Crippen LogP contribution in [0.1, 0.15) is 22.6 Å². The zero-order valence-electron chi connectivity index (χ0n) is 14.2. The van der Waals surface area contributed by atoms with E-state index < -0.39 is 0 Å². The molecule has 1 aliphatic rings. The first-order chi connectivity index (χ1) is 12.6. The predicted molar refractivity (Wildman–Crippen MR) is 108 cm³/mol. The van der Waals surface area contributed by atoms with Crippen LogP contribution in [0.3, 0.4) is 0 Å². The van der Waals surface area contributed by atoms with E-state index in [0.29, 0.717) is 22.2 Å². The topological polar surface area (TPSA) is 20.3 Å². The highest BCUT2D eigenvalue weighted by Crippen LogP contribution is 2.47. The van der Waals surface area contributed by atoms with E-state index in [1.165, 1.54) is 5.56 Å². The van der Waals surface area contributed by atoms with Gasteiger partial charge in [0, 0.05) is 0 Å². The molecule has 0 aliphatic carbocycles. The third-order valence-corrected chi connectivity index (χ3v) is 5.40. The Morgan fingerprint density at radius 3 is 2.23 bits per heavy atom. The standard InChI is InChI=1S/C22H17Cl2NO/c1-14-9-11-15(12-10-14)13-17-16-5-2-3-8-20(16)25(22(17)26)21-18(23)6-4-7-19(21)24/h2-12,17H,13H2,1H3. The summed E-state index contributed by atoms with van der Waals surface area (Å²) < 4.78 is 0. The second-order valence-corrected chi connectivity index (χ2v) is 7.36. The number of carbonyl (C=O) groups is 1. The molecule has 2 nitrogen and oxygen atoms in total. The lowest BCUT2D eigenvalue weighted by atomic mass is 9.93. The van der Waals surface area contributed by atoms with Gasteiger partial charge in [-0.15, -0.1) is 0 Å². The summed E-state index contributed by atoms with van der Waals surface area (Å²) in [7, 11) is 0. The van der Waals surface area contributed by atoms with E-state index in [1.807, 2.05) is 24.3 Å². The van der Waals surface area contributed by atoms with Crippen LogP contribution in [-0.2, 0) is 11.2 Å². The van der Waals surface area contributed by atoms with Crippen molar-refractivity contribution in [1.82, 2.24) is 0 Å². The number of anilines is 2. The van der Waals surface area contributed by atoms with Gasteiger partial charge in [-0.25, -0.2) is 0 Å². The van der Waals surface area contributed by atoms with Crippen molar-refractivity contribution in [2.75, 3.05) is 4.90 Å². The Morgan fingerprint density at radius 2 is 1.54 bits per heavy atom. The molecule has 0 saturated heterocycles. The summed E-state index contributed by atoms with van der Waals surface area (Å²) in [6, 6.07) is 21.4. The minimum atomic E-state index is -0.249. The van der Waals surface area contributed by atoms with Crippen LogP contribution in [-0.4, -0.2) is 5.91 Å². The van der Waals surface area contributed by atoms with Gasteiger partial charge in [0.25, 0.3) is 0 Å². The van der Waals surface area contributed by atoms with Crippen molar-refractivity contribution >= 4 is 40.5 Å². The van der Waals surface area contributed by atoms with E-state index in [4.69, 9.17) is 23.2 Å². The fourth-order valence-corrected chi connectivity index (χ4v) is 4.05. The number of hydrogen-bond donors (Lipinski definition) is 0. The highest BCUT2D eigenvalue weighted by atomic mass is 35.5. The maximum atomic E-state index is 13.3. The monoisotopic (exact) mass is 381 g/mol. The smallest absolute Gasteiger partial charge is 0.239 e. The number of para-hydroxylation sites is 2. The average molecular weight is 382 g/mol. The summed E-state index contributed by atoms with van der Waals surface area (Å²) in [6.45, 7) is 2.06. The molecule has 0 bridgehead atoms. The third-order valence-electron chi connectivity index (χ3n) is 4.79. The molecule has 0 saturated carbocycles. The van der Waals surface area contributed by atoms with Crippen molar-refractivity contribution < 1.29 is 4.79 Å². The second kappa shape index (κ2) is 6.79. The van der Waals surface area contributed by atoms with Gasteiger partial charge >= 0.3 is 0 Å². The fraction of sp³-hybridized carbons (Fsp3) is 0.136. The Bertz CT molecular complexity index is 961. The number of benzene rings is 3. The lowest BCUT2D eigenvalue weighted by molar-refractivity contribution is -0.118. The molecular weight excluding hydrogens is 365 g/mol. The maximum Gasteiger partial charge on any atom is 0.239 e. The van der Waals surface area contributed by atoms with Crippen LogP contribution in [0.15, 0.2) is 66.7 Å². The van der Waals surface area contributed by atoms with Crippen LogP contribution < -0.4 is 4.90 Å². The molecule has 1 unspecified atom stereocenters. The fourth-order valence-electron chi connectivity index (χ4n) is 3.48. The number of amides is 1. The van der Waals surface area contributed by atoms with Crippen LogP contribution in [0.25, 0.3) is 0 Å². The van der Waals surface area contributed by atoms with Crippen LogP contribution in [0.5, 0.6) is 0 Å². The molecule has 1 amide bonds. The number of hydrogen-bond acceptors (Lipinski definition) is 1. The summed E-state index contributed by atoms with van der Waals surface area (Å²) in [5, 5.41) is 0.938. The SMILES string of the molecule is Cc1ccc(CC2C(=O)N(c3c(Cl)cccc3Cl)c3ccccc32)cc1. The van der Waals surface area contributed by atoms with Crippen molar-refractivity contribution in [2.24, 2.45) is 0 Å². The average Bonchev–Trinajstić information content (AvgIpc) is 2.90. The molecule has 0 aromatic heterocycles. The van der Waals surface area contributed by atoms with E-state index in [0.717, 1.165) is 16.8 Å². The minimum Gasteiger partial charge on any atom is -0.277 e. The second-order valence-electron chi connectivity index (χ2n) is 6.55. The molecule has 0 fully saturated rings. The summed E-state index contributed by atoms with van der Waals surface area (Å²) in [4.78, 5) is 15.0. The number of rotatable bonds is 3. The lowest BCUT2D eigenvalue weighted by Crippen LogP contribution is -2.25. The number of nitrogens with zero attached hydrogens (tertiary/aromatic N) is 1. The largest absolute Gasteiger partial charge is 0.277 e. The zero-order chi connectivity index (χ0) is 18.3. The molecule has 26 heavy (non-hydrogen) atoms. The zero-order valence-corrected chi connectivity index (χ0v) is 15.8. The van der Waals surface area contributed by atoms with Crippen molar-refractivity contribution in [2.45, 2.75) is 19.3 Å². The first-order valence-electron chi connectivity index (χ1n) is 8.48. The van der Waals surface area contributed by atoms with Crippen molar-refractivity contribution in [1.29, 1.82) is 0 Å². The first kappa shape index (κ1) is 17.1. The highest BCUT2D eigenvalue weighted by molar-refractivity contribution is 6.40. The first-order valence-corrected chi connectivity index (χ1v) is 9.24. The lowest BCUT2D eigenvalue weighted by Gasteiger charge is -2.21. The minimum absolute atomic E-state index is 0.00164. The van der Waals surface area contributed by atoms with E-state index in [9.17, 15) is 4.79 Å². The molecule has 4 rings (SSSR count). The number of fused-ring (bicyclic) bond motifs is 1. The molecular formula is C22H17Cl2NO. The van der Waals surface area contributed by atoms with E-state index in [1.54, 1.807) is 23.1 Å². The van der Waals surface area contributed by atoms with Gasteiger partial charge in [0.05, 0.1) is 27.3 Å².